The standard InChI is InChI=1S/C8H13BrN4S/c1-3-5(2)14-7-6(9)4-11-8(12-7)13-10/h4-5H,3,10H2,1-2H3,(H,11,12,13). The summed E-state index contributed by atoms with van der Waals surface area (Å²) in [5.74, 6) is 5.68. The van der Waals surface area contributed by atoms with Crippen LogP contribution in [0.25, 0.3) is 0 Å². The molecule has 1 rings (SSSR count). The highest BCUT2D eigenvalue weighted by Crippen LogP contribution is 2.29. The first-order valence-electron chi connectivity index (χ1n) is 4.33. The van der Waals surface area contributed by atoms with E-state index in [1.807, 2.05) is 0 Å². The third-order valence-electron chi connectivity index (χ3n) is 1.73. The van der Waals surface area contributed by atoms with E-state index in [0.29, 0.717) is 11.2 Å². The van der Waals surface area contributed by atoms with Gasteiger partial charge in [0.25, 0.3) is 0 Å². The lowest BCUT2D eigenvalue weighted by Crippen LogP contribution is -2.11. The number of halogens is 1. The van der Waals surface area contributed by atoms with Crippen molar-refractivity contribution in [1.82, 2.24) is 9.97 Å². The van der Waals surface area contributed by atoms with Crippen molar-refractivity contribution in [1.29, 1.82) is 0 Å². The topological polar surface area (TPSA) is 63.8 Å². The van der Waals surface area contributed by atoms with Gasteiger partial charge in [-0.1, -0.05) is 13.8 Å². The van der Waals surface area contributed by atoms with E-state index in [9.17, 15) is 0 Å². The van der Waals surface area contributed by atoms with Crippen LogP contribution >= 0.6 is 27.7 Å². The van der Waals surface area contributed by atoms with Crippen LogP contribution in [0, 0.1) is 0 Å². The van der Waals surface area contributed by atoms with Gasteiger partial charge in [0.15, 0.2) is 0 Å². The van der Waals surface area contributed by atoms with Crippen molar-refractivity contribution in [3.05, 3.63) is 10.7 Å². The summed E-state index contributed by atoms with van der Waals surface area (Å²) >= 11 is 5.11. The van der Waals surface area contributed by atoms with E-state index >= 15 is 0 Å². The average molecular weight is 277 g/mol. The van der Waals surface area contributed by atoms with E-state index in [0.717, 1.165) is 15.9 Å². The molecule has 0 spiro atoms. The highest BCUT2D eigenvalue weighted by molar-refractivity contribution is 9.10. The van der Waals surface area contributed by atoms with E-state index in [4.69, 9.17) is 5.84 Å². The minimum atomic E-state index is 0.444. The number of rotatable bonds is 4. The molecular weight excluding hydrogens is 264 g/mol. The fourth-order valence-corrected chi connectivity index (χ4v) is 2.10. The molecule has 0 saturated carbocycles. The first-order chi connectivity index (χ1) is 6.67. The van der Waals surface area contributed by atoms with E-state index < -0.39 is 0 Å². The summed E-state index contributed by atoms with van der Waals surface area (Å²) < 4.78 is 0.904. The number of nitrogen functional groups attached to an aromatic ring is 1. The van der Waals surface area contributed by atoms with Crippen molar-refractivity contribution in [3.63, 3.8) is 0 Å². The SMILES string of the molecule is CCC(C)Sc1nc(NN)ncc1Br. The molecule has 3 N–H and O–H groups in total. The normalized spacial score (nSPS) is 12.6. The predicted molar refractivity (Wildman–Crippen MR) is 63.2 cm³/mol. The summed E-state index contributed by atoms with van der Waals surface area (Å²) in [5, 5.41) is 1.45. The van der Waals surface area contributed by atoms with Gasteiger partial charge in [-0.2, -0.15) is 0 Å². The Morgan fingerprint density at radius 1 is 1.71 bits per heavy atom. The molecule has 0 saturated heterocycles. The number of nitrogens with two attached hydrogens (primary N) is 1. The van der Waals surface area contributed by atoms with Gasteiger partial charge >= 0.3 is 0 Å². The second kappa shape index (κ2) is 5.53. The van der Waals surface area contributed by atoms with Gasteiger partial charge in [-0.3, -0.25) is 5.43 Å². The molecule has 0 aromatic carbocycles. The van der Waals surface area contributed by atoms with Gasteiger partial charge in [0, 0.05) is 11.4 Å². The molecule has 0 bridgehead atoms. The molecule has 0 amide bonds. The van der Waals surface area contributed by atoms with Gasteiger partial charge in [-0.25, -0.2) is 15.8 Å². The minimum Gasteiger partial charge on any atom is -0.292 e. The Kier molecular flexibility index (Phi) is 4.64. The van der Waals surface area contributed by atoms with E-state index in [2.05, 4.69) is 45.2 Å². The molecule has 0 aliphatic carbocycles. The molecule has 14 heavy (non-hydrogen) atoms. The Bertz CT molecular complexity index is 307. The molecule has 0 fully saturated rings. The maximum atomic E-state index is 5.23. The molecule has 1 aromatic rings. The summed E-state index contributed by atoms with van der Waals surface area (Å²) in [7, 11) is 0. The third kappa shape index (κ3) is 3.11. The van der Waals surface area contributed by atoms with Crippen LogP contribution in [0.5, 0.6) is 0 Å². The van der Waals surface area contributed by atoms with Crippen molar-refractivity contribution in [2.75, 3.05) is 5.43 Å². The Labute approximate surface area is 96.2 Å². The average Bonchev–Trinajstić information content (AvgIpc) is 2.21. The largest absolute Gasteiger partial charge is 0.292 e. The van der Waals surface area contributed by atoms with Crippen molar-refractivity contribution in [3.8, 4) is 0 Å². The van der Waals surface area contributed by atoms with Crippen LogP contribution in [0.3, 0.4) is 0 Å². The quantitative estimate of drug-likeness (QED) is 0.383. The number of hydrogen-bond donors (Lipinski definition) is 2. The Balaban J connectivity index is 2.83. The highest BCUT2D eigenvalue weighted by Gasteiger charge is 2.08. The molecular formula is C8H13BrN4S. The zero-order valence-corrected chi connectivity index (χ0v) is 10.5. The number of hydrogen-bond acceptors (Lipinski definition) is 5. The molecule has 0 aliphatic rings. The van der Waals surface area contributed by atoms with Gasteiger partial charge in [0.05, 0.1) is 4.47 Å². The molecule has 4 nitrogen and oxygen atoms in total. The minimum absolute atomic E-state index is 0.444. The van der Waals surface area contributed by atoms with Crippen LogP contribution in [-0.2, 0) is 0 Å². The molecule has 1 heterocycles. The van der Waals surface area contributed by atoms with Crippen LogP contribution in [0.2, 0.25) is 0 Å². The molecule has 1 atom stereocenters. The van der Waals surface area contributed by atoms with Crippen LogP contribution in [0.15, 0.2) is 15.7 Å². The molecule has 1 unspecified atom stereocenters. The fourth-order valence-electron chi connectivity index (χ4n) is 0.778. The second-order valence-electron chi connectivity index (χ2n) is 2.83. The van der Waals surface area contributed by atoms with Crippen LogP contribution in [0.4, 0.5) is 5.95 Å². The number of thioether (sulfide) groups is 1. The van der Waals surface area contributed by atoms with Crippen molar-refractivity contribution >= 4 is 33.6 Å². The van der Waals surface area contributed by atoms with Gasteiger partial charge in [0.1, 0.15) is 5.03 Å². The first kappa shape index (κ1) is 11.7. The summed E-state index contributed by atoms with van der Waals surface area (Å²) in [6.07, 6.45) is 2.80. The lowest BCUT2D eigenvalue weighted by Gasteiger charge is -2.09. The van der Waals surface area contributed by atoms with Crippen LogP contribution < -0.4 is 11.3 Å². The maximum Gasteiger partial charge on any atom is 0.238 e. The van der Waals surface area contributed by atoms with Gasteiger partial charge < -0.3 is 0 Å². The smallest absolute Gasteiger partial charge is 0.238 e. The molecule has 1 aromatic heterocycles. The lowest BCUT2D eigenvalue weighted by molar-refractivity contribution is 0.897. The monoisotopic (exact) mass is 276 g/mol. The number of anilines is 1. The zero-order valence-electron chi connectivity index (χ0n) is 8.12. The molecule has 0 radical (unpaired) electrons. The summed E-state index contributed by atoms with van der Waals surface area (Å²) in [5.41, 5.74) is 2.43. The van der Waals surface area contributed by atoms with E-state index in [1.54, 1.807) is 18.0 Å². The number of nitrogens with zero attached hydrogens (tertiary/aromatic N) is 2. The third-order valence-corrected chi connectivity index (χ3v) is 3.84. The zero-order chi connectivity index (χ0) is 10.6. The van der Waals surface area contributed by atoms with Gasteiger partial charge in [-0.05, 0) is 22.4 Å². The second-order valence-corrected chi connectivity index (χ2v) is 5.11. The van der Waals surface area contributed by atoms with Gasteiger partial charge in [-0.15, -0.1) is 11.8 Å². The van der Waals surface area contributed by atoms with Crippen molar-refractivity contribution in [2.45, 2.75) is 30.5 Å². The van der Waals surface area contributed by atoms with Crippen molar-refractivity contribution in [2.24, 2.45) is 5.84 Å². The number of nitrogens with one attached hydrogen (secondary N) is 1. The Morgan fingerprint density at radius 3 is 3.00 bits per heavy atom. The summed E-state index contributed by atoms with van der Waals surface area (Å²) in [6, 6.07) is 0. The molecule has 78 valence electrons. The predicted octanol–water partition coefficient (Wildman–Crippen LogP) is 2.42. The fraction of sp³-hybridized carbons (Fsp3) is 0.500. The van der Waals surface area contributed by atoms with Crippen molar-refractivity contribution < 1.29 is 0 Å². The first-order valence-corrected chi connectivity index (χ1v) is 6.00. The van der Waals surface area contributed by atoms with E-state index in [1.165, 1.54) is 0 Å². The maximum absolute atomic E-state index is 5.23. The number of aromatic nitrogens is 2. The number of hydrazine groups is 1. The van der Waals surface area contributed by atoms with Crippen LogP contribution in [-0.4, -0.2) is 15.2 Å². The summed E-state index contributed by atoms with van der Waals surface area (Å²) in [6.45, 7) is 4.31. The Hall–Kier alpha value is -0.330. The highest BCUT2D eigenvalue weighted by atomic mass is 79.9. The lowest BCUT2D eigenvalue weighted by atomic mass is 10.4. The Morgan fingerprint density at radius 2 is 2.43 bits per heavy atom. The molecule has 6 heteroatoms. The van der Waals surface area contributed by atoms with Crippen LogP contribution in [0.1, 0.15) is 20.3 Å². The summed E-state index contributed by atoms with van der Waals surface area (Å²) in [4.78, 5) is 8.23. The van der Waals surface area contributed by atoms with E-state index in [-0.39, 0.29) is 0 Å². The molecule has 0 aliphatic heterocycles. The van der Waals surface area contributed by atoms with Gasteiger partial charge in [0.2, 0.25) is 5.95 Å².